The summed E-state index contributed by atoms with van der Waals surface area (Å²) in [6, 6.07) is 10.4. The first kappa shape index (κ1) is 18.0. The van der Waals surface area contributed by atoms with Crippen LogP contribution in [0.5, 0.6) is 0 Å². The van der Waals surface area contributed by atoms with Crippen LogP contribution in [0.2, 0.25) is 0 Å². The van der Waals surface area contributed by atoms with E-state index in [-0.39, 0.29) is 6.42 Å². The number of benzene rings is 1. The predicted molar refractivity (Wildman–Crippen MR) is 107 cm³/mol. The van der Waals surface area contributed by atoms with E-state index in [2.05, 4.69) is 15.3 Å². The van der Waals surface area contributed by atoms with Crippen molar-refractivity contribution >= 4 is 34.1 Å². The summed E-state index contributed by atoms with van der Waals surface area (Å²) >= 11 is 1.23. The second-order valence-electron chi connectivity index (χ2n) is 6.43. The number of carbonyl (C=O) groups excluding carboxylic acids is 1. The average molecular weight is 394 g/mol. The zero-order valence-electron chi connectivity index (χ0n) is 15.0. The molecule has 8 heteroatoms. The minimum Gasteiger partial charge on any atom is -0.480 e. The number of hydrogen-bond donors (Lipinski definition) is 3. The van der Waals surface area contributed by atoms with Crippen LogP contribution in [0, 0.1) is 6.92 Å². The number of carbonyl (C=O) groups is 2. The highest BCUT2D eigenvalue weighted by atomic mass is 32.1. The number of aliphatic carboxylic acids is 1. The van der Waals surface area contributed by atoms with Crippen molar-refractivity contribution in [2.45, 2.75) is 19.4 Å². The number of rotatable bonds is 6. The number of H-pyrrole nitrogens is 1. The number of carboxylic acids is 1. The molecule has 1 unspecified atom stereocenters. The van der Waals surface area contributed by atoms with Crippen molar-refractivity contribution in [2.24, 2.45) is 0 Å². The minimum absolute atomic E-state index is 0.188. The topological polar surface area (TPSA) is 100 Å². The van der Waals surface area contributed by atoms with Gasteiger partial charge in [-0.15, -0.1) is 0 Å². The van der Waals surface area contributed by atoms with E-state index in [4.69, 9.17) is 0 Å². The van der Waals surface area contributed by atoms with Crippen LogP contribution >= 0.6 is 11.3 Å². The summed E-state index contributed by atoms with van der Waals surface area (Å²) in [7, 11) is 0. The molecular formula is C20H18N4O3S. The fourth-order valence-corrected chi connectivity index (χ4v) is 4.05. The number of aryl methyl sites for hydroxylation is 1. The fraction of sp³-hybridized carbons (Fsp3) is 0.150. The molecule has 3 heterocycles. The summed E-state index contributed by atoms with van der Waals surface area (Å²) < 4.78 is 1.81. The zero-order chi connectivity index (χ0) is 19.7. The summed E-state index contributed by atoms with van der Waals surface area (Å²) in [4.78, 5) is 32.4. The van der Waals surface area contributed by atoms with Gasteiger partial charge in [-0.25, -0.2) is 9.78 Å². The Labute approximate surface area is 164 Å². The van der Waals surface area contributed by atoms with Crippen LogP contribution in [-0.4, -0.2) is 37.6 Å². The summed E-state index contributed by atoms with van der Waals surface area (Å²) in [5, 5.41) is 13.9. The highest BCUT2D eigenvalue weighted by molar-refractivity contribution is 7.16. The largest absolute Gasteiger partial charge is 0.480 e. The van der Waals surface area contributed by atoms with Crippen molar-refractivity contribution in [3.05, 3.63) is 71.1 Å². The summed E-state index contributed by atoms with van der Waals surface area (Å²) in [6.45, 7) is 1.74. The van der Waals surface area contributed by atoms with E-state index in [1.54, 1.807) is 13.1 Å². The standard InChI is InChI=1S/C20H18N4O3S/c1-12-17(28-20(22-12)24-8-4-5-9-24)18(25)23-16(19(26)27)10-13-11-21-15-7-3-2-6-14(13)15/h2-9,11,16,21H,10H2,1H3,(H,23,25)(H,26,27). The van der Waals surface area contributed by atoms with Gasteiger partial charge in [-0.05, 0) is 30.7 Å². The molecule has 0 saturated carbocycles. The lowest BCUT2D eigenvalue weighted by molar-refractivity contribution is -0.139. The number of nitrogens with zero attached hydrogens (tertiary/aromatic N) is 2. The Morgan fingerprint density at radius 1 is 1.25 bits per heavy atom. The molecule has 0 radical (unpaired) electrons. The first-order valence-corrected chi connectivity index (χ1v) is 9.54. The van der Waals surface area contributed by atoms with Crippen LogP contribution < -0.4 is 5.32 Å². The number of thiazole rings is 1. The van der Waals surface area contributed by atoms with E-state index in [0.29, 0.717) is 15.7 Å². The van der Waals surface area contributed by atoms with Gasteiger partial charge in [0.15, 0.2) is 5.13 Å². The Morgan fingerprint density at radius 2 is 2.00 bits per heavy atom. The highest BCUT2D eigenvalue weighted by Gasteiger charge is 2.25. The van der Waals surface area contributed by atoms with Gasteiger partial charge in [0.2, 0.25) is 0 Å². The Bertz CT molecular complexity index is 1140. The third kappa shape index (κ3) is 3.41. The molecular weight excluding hydrogens is 376 g/mol. The van der Waals surface area contributed by atoms with E-state index >= 15 is 0 Å². The molecule has 3 N–H and O–H groups in total. The maximum atomic E-state index is 12.7. The predicted octanol–water partition coefficient (Wildman–Crippen LogP) is 3.15. The maximum absolute atomic E-state index is 12.7. The molecule has 0 fully saturated rings. The molecule has 4 rings (SSSR count). The molecule has 0 saturated heterocycles. The Balaban J connectivity index is 1.55. The Morgan fingerprint density at radius 3 is 2.75 bits per heavy atom. The van der Waals surface area contributed by atoms with Gasteiger partial charge in [0.05, 0.1) is 5.69 Å². The third-order valence-electron chi connectivity index (χ3n) is 4.52. The van der Waals surface area contributed by atoms with Crippen molar-refractivity contribution in [1.29, 1.82) is 0 Å². The summed E-state index contributed by atoms with van der Waals surface area (Å²) in [5.74, 6) is -1.51. The van der Waals surface area contributed by atoms with Gasteiger partial charge in [0, 0.05) is 35.9 Å². The minimum atomic E-state index is -1.08. The number of fused-ring (bicyclic) bond motifs is 1. The van der Waals surface area contributed by atoms with E-state index in [9.17, 15) is 14.7 Å². The summed E-state index contributed by atoms with van der Waals surface area (Å²) in [5.41, 5.74) is 2.35. The van der Waals surface area contributed by atoms with Gasteiger partial charge < -0.3 is 20.0 Å². The van der Waals surface area contributed by atoms with Crippen LogP contribution in [0.25, 0.3) is 16.0 Å². The third-order valence-corrected chi connectivity index (χ3v) is 5.69. The van der Waals surface area contributed by atoms with Crippen molar-refractivity contribution < 1.29 is 14.7 Å². The molecule has 142 valence electrons. The molecule has 0 aliphatic rings. The lowest BCUT2D eigenvalue weighted by Crippen LogP contribution is -2.42. The van der Waals surface area contributed by atoms with Crippen molar-refractivity contribution in [3.63, 3.8) is 0 Å². The number of para-hydroxylation sites is 1. The first-order valence-electron chi connectivity index (χ1n) is 8.72. The van der Waals surface area contributed by atoms with Crippen LogP contribution in [0.1, 0.15) is 20.9 Å². The van der Waals surface area contributed by atoms with Gasteiger partial charge in [0.1, 0.15) is 10.9 Å². The molecule has 0 aliphatic carbocycles. The van der Waals surface area contributed by atoms with Crippen LogP contribution in [-0.2, 0) is 11.2 Å². The highest BCUT2D eigenvalue weighted by Crippen LogP contribution is 2.23. The SMILES string of the molecule is Cc1nc(-n2cccc2)sc1C(=O)NC(Cc1c[nH]c2ccccc12)C(=O)O. The molecule has 1 aromatic carbocycles. The van der Waals surface area contributed by atoms with Crippen molar-refractivity contribution in [1.82, 2.24) is 19.9 Å². The number of aromatic nitrogens is 3. The molecule has 4 aromatic rings. The van der Waals surface area contributed by atoms with Gasteiger partial charge in [-0.3, -0.25) is 4.79 Å². The monoisotopic (exact) mass is 394 g/mol. The summed E-state index contributed by atoms with van der Waals surface area (Å²) in [6.07, 6.45) is 5.66. The molecule has 0 bridgehead atoms. The van der Waals surface area contributed by atoms with Crippen LogP contribution in [0.4, 0.5) is 0 Å². The normalized spacial score (nSPS) is 12.2. The number of nitrogens with one attached hydrogen (secondary N) is 2. The molecule has 1 atom stereocenters. The van der Waals surface area contributed by atoms with Gasteiger partial charge in [-0.2, -0.15) is 0 Å². The van der Waals surface area contributed by atoms with E-state index in [0.717, 1.165) is 16.5 Å². The zero-order valence-corrected chi connectivity index (χ0v) is 15.9. The van der Waals surface area contributed by atoms with E-state index < -0.39 is 17.9 Å². The second kappa shape index (κ2) is 7.32. The molecule has 0 spiro atoms. The van der Waals surface area contributed by atoms with Crippen molar-refractivity contribution in [2.75, 3.05) is 0 Å². The van der Waals surface area contributed by atoms with Gasteiger partial charge >= 0.3 is 5.97 Å². The number of hydrogen-bond acceptors (Lipinski definition) is 4. The molecule has 3 aromatic heterocycles. The molecule has 7 nitrogen and oxygen atoms in total. The Hall–Kier alpha value is -3.39. The Kier molecular flexibility index (Phi) is 4.70. The van der Waals surface area contributed by atoms with E-state index in [1.807, 2.05) is 53.4 Å². The van der Waals surface area contributed by atoms with Crippen LogP contribution in [0.3, 0.4) is 0 Å². The number of aromatic amines is 1. The van der Waals surface area contributed by atoms with Gasteiger partial charge in [0.25, 0.3) is 5.91 Å². The van der Waals surface area contributed by atoms with Crippen molar-refractivity contribution in [3.8, 4) is 5.13 Å². The second-order valence-corrected chi connectivity index (χ2v) is 7.41. The fourth-order valence-electron chi connectivity index (χ4n) is 3.11. The van der Waals surface area contributed by atoms with Crippen LogP contribution in [0.15, 0.2) is 55.0 Å². The smallest absolute Gasteiger partial charge is 0.326 e. The molecule has 0 aliphatic heterocycles. The lowest BCUT2D eigenvalue weighted by atomic mass is 10.0. The quantitative estimate of drug-likeness (QED) is 0.468. The average Bonchev–Trinajstić information content (AvgIpc) is 3.40. The van der Waals surface area contributed by atoms with E-state index in [1.165, 1.54) is 11.3 Å². The number of carboxylic acid groups (broad SMARTS) is 1. The molecule has 1 amide bonds. The van der Waals surface area contributed by atoms with Gasteiger partial charge in [-0.1, -0.05) is 29.5 Å². The maximum Gasteiger partial charge on any atom is 0.326 e. The molecule has 28 heavy (non-hydrogen) atoms. The number of amides is 1. The lowest BCUT2D eigenvalue weighted by Gasteiger charge is -2.13. The first-order chi connectivity index (χ1) is 13.5.